The number of hydrogen-bond donors (Lipinski definition) is 2. The highest BCUT2D eigenvalue weighted by Gasteiger charge is 2.29. The first-order chi connectivity index (χ1) is 18.8. The quantitative estimate of drug-likeness (QED) is 0.466. The second kappa shape index (κ2) is 11.3. The molecule has 0 unspecified atom stereocenters. The monoisotopic (exact) mass is 550 g/mol. The van der Waals surface area contributed by atoms with Gasteiger partial charge in [-0.05, 0) is 29.8 Å². The molecular weight excluding hydrogens is 528 g/mol. The summed E-state index contributed by atoms with van der Waals surface area (Å²) in [6, 6.07) is 2.60. The number of carbonyl (C=O) groups is 1. The molecule has 2 N–H and O–H groups in total. The third kappa shape index (κ3) is 6.47. The predicted molar refractivity (Wildman–Crippen MR) is 135 cm³/mol. The van der Waals surface area contributed by atoms with Crippen molar-refractivity contribution >= 4 is 22.4 Å². The molecule has 1 saturated heterocycles. The van der Waals surface area contributed by atoms with E-state index in [9.17, 15) is 18.7 Å². The summed E-state index contributed by atoms with van der Waals surface area (Å²) in [4.78, 5) is 21.2. The van der Waals surface area contributed by atoms with Crippen LogP contribution in [0, 0.1) is 35.8 Å². The number of nitrogens with one attached hydrogen (secondary N) is 1. The van der Waals surface area contributed by atoms with Crippen molar-refractivity contribution in [2.75, 3.05) is 25.6 Å². The SMILES string of the molecule is COc1cnc(C(F)F)cc1-c1cc(C#CC2(O)CCOCC2)[n+]#cc1C(=O)Nc1nnc(C#CC2CC2)s1. The highest BCUT2D eigenvalue weighted by molar-refractivity contribution is 7.15. The van der Waals surface area contributed by atoms with Crippen LogP contribution in [-0.2, 0) is 4.74 Å². The Balaban J connectivity index is 1.51. The maximum Gasteiger partial charge on any atom is 0.391 e. The van der Waals surface area contributed by atoms with Gasteiger partial charge in [0.15, 0.2) is 10.6 Å². The van der Waals surface area contributed by atoms with Crippen molar-refractivity contribution in [3.8, 4) is 40.6 Å². The van der Waals surface area contributed by atoms with E-state index in [1.165, 1.54) is 13.2 Å². The first-order valence-electron chi connectivity index (χ1n) is 12.1. The predicted octanol–water partition coefficient (Wildman–Crippen LogP) is 2.85. The molecule has 0 spiro atoms. The summed E-state index contributed by atoms with van der Waals surface area (Å²) in [5.41, 5.74) is -1.27. The standard InChI is InChI=1S/C27H21F2N5O4S/c1-37-22-15-31-21(24(28)29)13-19(22)18-12-17(6-7-27(36)8-10-38-11-9-27)30-14-20(18)25(35)32-26-34-33-23(39-26)5-4-16-2-3-16/h12-13,15-16,24,36H,2-3,8-11H2,1H3/p+1. The number of methoxy groups -OCH3 is 1. The molecule has 1 aliphatic carbocycles. The fourth-order valence-electron chi connectivity index (χ4n) is 3.71. The van der Waals surface area contributed by atoms with Crippen molar-refractivity contribution in [1.29, 1.82) is 0 Å². The van der Waals surface area contributed by atoms with E-state index < -0.39 is 23.6 Å². The number of nitrogens with zero attached hydrogens (tertiary/aromatic N) is 4. The van der Waals surface area contributed by atoms with E-state index in [2.05, 4.69) is 55.4 Å². The van der Waals surface area contributed by atoms with Crippen LogP contribution >= 0.6 is 11.3 Å². The van der Waals surface area contributed by atoms with Crippen LogP contribution in [0.4, 0.5) is 13.9 Å². The van der Waals surface area contributed by atoms with E-state index >= 15 is 0 Å². The molecule has 0 radical (unpaired) electrons. The number of pyridine rings is 1. The van der Waals surface area contributed by atoms with Gasteiger partial charge in [-0.2, -0.15) is 0 Å². The summed E-state index contributed by atoms with van der Waals surface area (Å²) in [5.74, 6) is 11.6. The smallest absolute Gasteiger partial charge is 0.391 e. The Morgan fingerprint density at radius 1 is 1.28 bits per heavy atom. The molecule has 0 atom stereocenters. The summed E-state index contributed by atoms with van der Waals surface area (Å²) in [7, 11) is 1.36. The van der Waals surface area contributed by atoms with E-state index in [-0.39, 0.29) is 33.3 Å². The zero-order valence-corrected chi connectivity index (χ0v) is 21.6. The first-order valence-corrected chi connectivity index (χ1v) is 12.9. The van der Waals surface area contributed by atoms with Gasteiger partial charge < -0.3 is 14.6 Å². The summed E-state index contributed by atoms with van der Waals surface area (Å²) < 4.78 is 37.7. The largest absolute Gasteiger partial charge is 0.494 e. The Hall–Kier alpha value is -4.15. The van der Waals surface area contributed by atoms with Crippen LogP contribution in [0.2, 0.25) is 0 Å². The molecule has 1 saturated carbocycles. The van der Waals surface area contributed by atoms with Gasteiger partial charge in [0, 0.05) is 41.9 Å². The highest BCUT2D eigenvalue weighted by atomic mass is 32.1. The summed E-state index contributed by atoms with van der Waals surface area (Å²) in [6.45, 7) is 0.748. The first kappa shape index (κ1) is 26.5. The molecule has 3 aromatic heterocycles. The molecule has 2 aliphatic rings. The second-order valence-electron chi connectivity index (χ2n) is 8.96. The lowest BCUT2D eigenvalue weighted by Gasteiger charge is -2.26. The Bertz CT molecular complexity index is 1510. The average molecular weight is 551 g/mol. The van der Waals surface area contributed by atoms with Crippen molar-refractivity contribution in [3.05, 3.63) is 46.5 Å². The second-order valence-corrected chi connectivity index (χ2v) is 9.93. The molecule has 4 heterocycles. The van der Waals surface area contributed by atoms with E-state index in [4.69, 9.17) is 9.47 Å². The van der Waals surface area contributed by atoms with E-state index in [0.29, 0.717) is 37.0 Å². The van der Waals surface area contributed by atoms with Crippen LogP contribution in [-0.4, -0.2) is 52.1 Å². The number of alkyl halides is 2. The summed E-state index contributed by atoms with van der Waals surface area (Å²) in [6.07, 6.45) is 3.79. The minimum Gasteiger partial charge on any atom is -0.494 e. The molecule has 5 rings (SSSR count). The van der Waals surface area contributed by atoms with Gasteiger partial charge in [0.05, 0.1) is 26.5 Å². The lowest BCUT2D eigenvalue weighted by Crippen LogP contribution is -2.34. The Labute approximate surface area is 227 Å². The fourth-order valence-corrected chi connectivity index (χ4v) is 4.31. The van der Waals surface area contributed by atoms with Crippen LogP contribution in [0.1, 0.15) is 58.9 Å². The van der Waals surface area contributed by atoms with Gasteiger partial charge >= 0.3 is 11.9 Å². The topological polar surface area (TPSA) is 121 Å². The average Bonchev–Trinajstić information content (AvgIpc) is 3.67. The van der Waals surface area contributed by atoms with Gasteiger partial charge in [0.1, 0.15) is 17.0 Å². The van der Waals surface area contributed by atoms with Crippen LogP contribution in [0.3, 0.4) is 0 Å². The molecular formula is C27H22F2N5O4S+. The molecule has 0 aromatic carbocycles. The lowest BCUT2D eigenvalue weighted by atomic mass is 9.95. The number of hydrogen-bond acceptors (Lipinski definition) is 8. The summed E-state index contributed by atoms with van der Waals surface area (Å²) in [5, 5.41) is 22.0. The van der Waals surface area contributed by atoms with Crippen molar-refractivity contribution < 1.29 is 33.1 Å². The molecule has 12 heteroatoms. The van der Waals surface area contributed by atoms with Gasteiger partial charge in [-0.1, -0.05) is 23.2 Å². The third-order valence-corrected chi connectivity index (χ3v) is 6.79. The normalized spacial score (nSPS) is 15.8. The molecule has 2 fully saturated rings. The van der Waals surface area contributed by atoms with Crippen LogP contribution < -0.4 is 15.0 Å². The van der Waals surface area contributed by atoms with Gasteiger partial charge in [-0.3, -0.25) is 15.1 Å². The maximum absolute atomic E-state index is 13.5. The molecule has 3 aromatic rings. The van der Waals surface area contributed by atoms with E-state index in [1.54, 1.807) is 0 Å². The van der Waals surface area contributed by atoms with Crippen LogP contribution in [0.25, 0.3) is 11.1 Å². The number of amides is 1. The zero-order chi connectivity index (χ0) is 27.4. The van der Waals surface area contributed by atoms with Crippen molar-refractivity contribution in [2.24, 2.45) is 5.92 Å². The number of rotatable bonds is 5. The van der Waals surface area contributed by atoms with Gasteiger partial charge in [0.25, 0.3) is 12.3 Å². The molecule has 39 heavy (non-hydrogen) atoms. The van der Waals surface area contributed by atoms with Crippen molar-refractivity contribution in [3.63, 3.8) is 0 Å². The number of aliphatic hydroxyl groups is 1. The highest BCUT2D eigenvalue weighted by Crippen LogP contribution is 2.34. The van der Waals surface area contributed by atoms with Gasteiger partial charge in [-0.15, -0.1) is 10.2 Å². The van der Waals surface area contributed by atoms with E-state index in [1.807, 2.05) is 0 Å². The van der Waals surface area contributed by atoms with Crippen molar-refractivity contribution in [1.82, 2.24) is 15.2 Å². The van der Waals surface area contributed by atoms with Crippen molar-refractivity contribution in [2.45, 2.75) is 37.7 Å². The minimum atomic E-state index is -2.85. The number of anilines is 1. The van der Waals surface area contributed by atoms with Gasteiger partial charge in [0.2, 0.25) is 5.13 Å². The Morgan fingerprint density at radius 2 is 2.08 bits per heavy atom. The minimum absolute atomic E-state index is 0.0594. The van der Waals surface area contributed by atoms with Crippen LogP contribution in [0.15, 0.2) is 18.3 Å². The number of carbonyl (C=O) groups excluding carboxylic acids is 1. The zero-order valence-electron chi connectivity index (χ0n) is 20.8. The Morgan fingerprint density at radius 3 is 2.79 bits per heavy atom. The Kier molecular flexibility index (Phi) is 7.67. The van der Waals surface area contributed by atoms with Gasteiger partial charge in [-0.25, -0.2) is 8.78 Å². The number of ether oxygens (including phenoxy) is 2. The molecule has 0 bridgehead atoms. The lowest BCUT2D eigenvalue weighted by molar-refractivity contribution is -0.298. The maximum atomic E-state index is 13.5. The summed E-state index contributed by atoms with van der Waals surface area (Å²) >= 11 is 1.11. The fraction of sp³-hybridized carbons (Fsp3) is 0.370. The molecule has 198 valence electrons. The number of aromatic nitrogens is 4. The third-order valence-electron chi connectivity index (χ3n) is 6.04. The molecule has 1 aliphatic heterocycles. The van der Waals surface area contributed by atoms with E-state index in [0.717, 1.165) is 36.4 Å². The van der Waals surface area contributed by atoms with Crippen LogP contribution in [0.5, 0.6) is 5.75 Å². The number of halogens is 2. The molecule has 9 nitrogen and oxygen atoms in total. The molecule has 1 amide bonds.